The van der Waals surface area contributed by atoms with E-state index in [1.54, 1.807) is 0 Å². The standard InChI is InChI=1S/C14H17NO/c1-4-12(8-9-15)14(16)13-7-5-6-10(2)11(13)3/h5-7,12H,4,8H2,1-3H3. The Morgan fingerprint density at radius 1 is 1.44 bits per heavy atom. The molecule has 0 aliphatic carbocycles. The van der Waals surface area contributed by atoms with Gasteiger partial charge in [0.2, 0.25) is 0 Å². The van der Waals surface area contributed by atoms with Crippen LogP contribution in [0.2, 0.25) is 0 Å². The number of ketones is 1. The average Bonchev–Trinajstić information content (AvgIpc) is 2.29. The first-order chi connectivity index (χ1) is 7.61. The zero-order chi connectivity index (χ0) is 12.1. The van der Waals surface area contributed by atoms with E-state index in [0.29, 0.717) is 6.42 Å². The normalized spacial score (nSPS) is 11.9. The Labute approximate surface area is 96.9 Å². The molecule has 0 heterocycles. The number of benzene rings is 1. The maximum Gasteiger partial charge on any atom is 0.167 e. The van der Waals surface area contributed by atoms with Gasteiger partial charge in [0.1, 0.15) is 0 Å². The number of rotatable bonds is 4. The second-order valence-electron chi connectivity index (χ2n) is 4.08. The Morgan fingerprint density at radius 3 is 2.69 bits per heavy atom. The molecule has 0 aliphatic heterocycles. The summed E-state index contributed by atoms with van der Waals surface area (Å²) in [7, 11) is 0. The third kappa shape index (κ3) is 2.49. The van der Waals surface area contributed by atoms with E-state index in [9.17, 15) is 4.79 Å². The predicted molar refractivity (Wildman–Crippen MR) is 64.3 cm³/mol. The van der Waals surface area contributed by atoms with Crippen molar-refractivity contribution in [3.63, 3.8) is 0 Å². The molecule has 1 atom stereocenters. The van der Waals surface area contributed by atoms with Crippen molar-refractivity contribution < 1.29 is 4.79 Å². The lowest BCUT2D eigenvalue weighted by Gasteiger charge is -2.13. The molecule has 1 aromatic carbocycles. The van der Waals surface area contributed by atoms with Crippen molar-refractivity contribution in [1.82, 2.24) is 0 Å². The summed E-state index contributed by atoms with van der Waals surface area (Å²) >= 11 is 0. The highest BCUT2D eigenvalue weighted by Gasteiger charge is 2.19. The van der Waals surface area contributed by atoms with Gasteiger partial charge in [0.25, 0.3) is 0 Å². The summed E-state index contributed by atoms with van der Waals surface area (Å²) in [5.74, 6) is -0.0595. The highest BCUT2D eigenvalue weighted by molar-refractivity contribution is 5.99. The van der Waals surface area contributed by atoms with Crippen molar-refractivity contribution in [1.29, 1.82) is 5.26 Å². The number of carbonyl (C=O) groups is 1. The molecule has 84 valence electrons. The molecule has 0 aromatic heterocycles. The van der Waals surface area contributed by atoms with E-state index in [0.717, 1.165) is 23.1 Å². The highest BCUT2D eigenvalue weighted by Crippen LogP contribution is 2.20. The lowest BCUT2D eigenvalue weighted by atomic mass is 9.89. The molecule has 2 nitrogen and oxygen atoms in total. The molecule has 0 aliphatic rings. The van der Waals surface area contributed by atoms with E-state index in [-0.39, 0.29) is 11.7 Å². The van der Waals surface area contributed by atoms with E-state index in [4.69, 9.17) is 5.26 Å². The summed E-state index contributed by atoms with van der Waals surface area (Å²) in [6.07, 6.45) is 1.03. The van der Waals surface area contributed by atoms with Crippen LogP contribution in [-0.4, -0.2) is 5.78 Å². The Balaban J connectivity index is 3.05. The van der Waals surface area contributed by atoms with E-state index in [2.05, 4.69) is 6.07 Å². The van der Waals surface area contributed by atoms with Crippen LogP contribution in [0.3, 0.4) is 0 Å². The smallest absolute Gasteiger partial charge is 0.167 e. The predicted octanol–water partition coefficient (Wildman–Crippen LogP) is 3.43. The number of nitrogens with zero attached hydrogens (tertiary/aromatic N) is 1. The molecule has 0 spiro atoms. The summed E-state index contributed by atoms with van der Waals surface area (Å²) in [6, 6.07) is 7.83. The Bertz CT molecular complexity index is 429. The highest BCUT2D eigenvalue weighted by atomic mass is 16.1. The Morgan fingerprint density at radius 2 is 2.12 bits per heavy atom. The molecule has 1 unspecified atom stereocenters. The molecule has 0 saturated carbocycles. The van der Waals surface area contributed by atoms with Gasteiger partial charge in [0.15, 0.2) is 5.78 Å². The third-order valence-corrected chi connectivity index (χ3v) is 3.07. The number of Topliss-reactive ketones (excluding diaryl/α,β-unsaturated/α-hetero) is 1. The van der Waals surface area contributed by atoms with Crippen LogP contribution in [0.15, 0.2) is 18.2 Å². The molecule has 2 heteroatoms. The largest absolute Gasteiger partial charge is 0.294 e. The summed E-state index contributed by atoms with van der Waals surface area (Å²) in [6.45, 7) is 5.91. The van der Waals surface area contributed by atoms with Crippen LogP contribution in [0.25, 0.3) is 0 Å². The molecule has 0 radical (unpaired) electrons. The molecule has 0 amide bonds. The third-order valence-electron chi connectivity index (χ3n) is 3.07. The summed E-state index contributed by atoms with van der Waals surface area (Å²) < 4.78 is 0. The minimum Gasteiger partial charge on any atom is -0.294 e. The fourth-order valence-corrected chi connectivity index (χ4v) is 1.77. The lowest BCUT2D eigenvalue weighted by Crippen LogP contribution is -2.15. The van der Waals surface area contributed by atoms with Crippen molar-refractivity contribution in [3.8, 4) is 6.07 Å². The second-order valence-corrected chi connectivity index (χ2v) is 4.08. The summed E-state index contributed by atoms with van der Waals surface area (Å²) in [5, 5.41) is 8.69. The van der Waals surface area contributed by atoms with Gasteiger partial charge in [-0.25, -0.2) is 0 Å². The van der Waals surface area contributed by atoms with Crippen molar-refractivity contribution >= 4 is 5.78 Å². The molecule has 0 fully saturated rings. The van der Waals surface area contributed by atoms with Crippen LogP contribution in [0.4, 0.5) is 0 Å². The Hall–Kier alpha value is -1.62. The zero-order valence-corrected chi connectivity index (χ0v) is 10.1. The van der Waals surface area contributed by atoms with Crippen LogP contribution in [0.1, 0.15) is 41.3 Å². The quantitative estimate of drug-likeness (QED) is 0.722. The molecule has 0 saturated heterocycles. The van der Waals surface area contributed by atoms with Gasteiger partial charge in [-0.1, -0.05) is 25.1 Å². The molecule has 1 rings (SSSR count). The molecule has 0 bridgehead atoms. The number of carbonyl (C=O) groups excluding carboxylic acids is 1. The van der Waals surface area contributed by atoms with Crippen LogP contribution in [0.5, 0.6) is 0 Å². The molecular weight excluding hydrogens is 198 g/mol. The summed E-state index contributed by atoms with van der Waals surface area (Å²) in [5.41, 5.74) is 2.92. The van der Waals surface area contributed by atoms with Crippen molar-refractivity contribution in [3.05, 3.63) is 34.9 Å². The second kappa shape index (κ2) is 5.46. The van der Waals surface area contributed by atoms with E-state index >= 15 is 0 Å². The van der Waals surface area contributed by atoms with Gasteiger partial charge < -0.3 is 0 Å². The van der Waals surface area contributed by atoms with Gasteiger partial charge in [-0.3, -0.25) is 4.79 Å². The van der Waals surface area contributed by atoms with Crippen LogP contribution >= 0.6 is 0 Å². The first-order valence-electron chi connectivity index (χ1n) is 5.59. The average molecular weight is 215 g/mol. The lowest BCUT2D eigenvalue weighted by molar-refractivity contribution is 0.0918. The van der Waals surface area contributed by atoms with Gasteiger partial charge in [0, 0.05) is 17.9 Å². The number of nitriles is 1. The van der Waals surface area contributed by atoms with E-state index in [1.807, 2.05) is 39.0 Å². The number of hydrogen-bond donors (Lipinski definition) is 0. The maximum atomic E-state index is 12.2. The van der Waals surface area contributed by atoms with Gasteiger partial charge in [0.05, 0.1) is 6.07 Å². The topological polar surface area (TPSA) is 40.9 Å². The molecule has 1 aromatic rings. The van der Waals surface area contributed by atoms with E-state index in [1.165, 1.54) is 0 Å². The molecule has 16 heavy (non-hydrogen) atoms. The zero-order valence-electron chi connectivity index (χ0n) is 10.1. The number of hydrogen-bond acceptors (Lipinski definition) is 2. The molecular formula is C14H17NO. The van der Waals surface area contributed by atoms with Crippen LogP contribution in [0, 0.1) is 31.1 Å². The van der Waals surface area contributed by atoms with Gasteiger partial charge >= 0.3 is 0 Å². The van der Waals surface area contributed by atoms with Gasteiger partial charge in [-0.15, -0.1) is 0 Å². The monoisotopic (exact) mass is 215 g/mol. The minimum absolute atomic E-state index is 0.102. The SMILES string of the molecule is CCC(CC#N)C(=O)c1cccc(C)c1C. The van der Waals surface area contributed by atoms with Crippen molar-refractivity contribution in [2.24, 2.45) is 5.92 Å². The van der Waals surface area contributed by atoms with Crippen LogP contribution in [-0.2, 0) is 0 Å². The van der Waals surface area contributed by atoms with Crippen molar-refractivity contribution in [2.45, 2.75) is 33.6 Å². The van der Waals surface area contributed by atoms with Gasteiger partial charge in [-0.2, -0.15) is 5.26 Å². The Kier molecular flexibility index (Phi) is 4.25. The van der Waals surface area contributed by atoms with Crippen molar-refractivity contribution in [2.75, 3.05) is 0 Å². The number of aryl methyl sites for hydroxylation is 1. The minimum atomic E-state index is -0.162. The first-order valence-corrected chi connectivity index (χ1v) is 5.59. The fraction of sp³-hybridized carbons (Fsp3) is 0.429. The summed E-state index contributed by atoms with van der Waals surface area (Å²) in [4.78, 5) is 12.2. The van der Waals surface area contributed by atoms with Gasteiger partial charge in [-0.05, 0) is 31.4 Å². The fourth-order valence-electron chi connectivity index (χ4n) is 1.77. The van der Waals surface area contributed by atoms with Crippen LogP contribution < -0.4 is 0 Å². The first kappa shape index (κ1) is 12.4. The van der Waals surface area contributed by atoms with E-state index < -0.39 is 0 Å². The maximum absolute atomic E-state index is 12.2. The molecule has 0 N–H and O–H groups in total.